The second-order valence-corrected chi connectivity index (χ2v) is 7.04. The largest absolute Gasteiger partial charge is 0.513 e. The maximum atomic E-state index is 12.2. The van der Waals surface area contributed by atoms with Crippen molar-refractivity contribution in [3.05, 3.63) is 23.8 Å². The summed E-state index contributed by atoms with van der Waals surface area (Å²) in [6.07, 6.45) is -1.33. The minimum Gasteiger partial charge on any atom is -0.461 e. The molecule has 0 aromatic heterocycles. The Morgan fingerprint density at radius 2 is 1.48 bits per heavy atom. The number of carbonyl (C=O) groups excluding carboxylic acids is 4. The molecule has 0 aliphatic carbocycles. The van der Waals surface area contributed by atoms with Crippen molar-refractivity contribution in [3.63, 3.8) is 0 Å². The second kappa shape index (κ2) is 14.7. The topological polar surface area (TPSA) is 150 Å². The lowest BCUT2D eigenvalue weighted by Gasteiger charge is -2.16. The van der Waals surface area contributed by atoms with Gasteiger partial charge in [-0.25, -0.2) is 9.59 Å². The summed E-state index contributed by atoms with van der Waals surface area (Å²) in [6.45, 7) is 6.64. The number of hydrogen-bond acceptors (Lipinski definition) is 11. The fourth-order valence-corrected chi connectivity index (χ4v) is 2.41. The summed E-state index contributed by atoms with van der Waals surface area (Å²) in [6, 6.07) is 3.27. The van der Waals surface area contributed by atoms with Gasteiger partial charge in [-0.3, -0.25) is 9.59 Å². The zero-order chi connectivity index (χ0) is 24.8. The van der Waals surface area contributed by atoms with Crippen molar-refractivity contribution in [2.24, 2.45) is 5.73 Å². The molecule has 0 unspecified atom stereocenters. The minimum absolute atomic E-state index is 0.0295. The summed E-state index contributed by atoms with van der Waals surface area (Å²) in [7, 11) is 0. The molecule has 11 heteroatoms. The van der Waals surface area contributed by atoms with Gasteiger partial charge in [-0.15, -0.1) is 0 Å². The Hall–Kier alpha value is -3.34. The van der Waals surface area contributed by atoms with Crippen molar-refractivity contribution in [1.29, 1.82) is 0 Å². The zero-order valence-electron chi connectivity index (χ0n) is 19.3. The van der Waals surface area contributed by atoms with Crippen LogP contribution in [0.1, 0.15) is 46.1 Å². The molecule has 0 aliphatic heterocycles. The molecule has 0 spiro atoms. The maximum absolute atomic E-state index is 12.2. The van der Waals surface area contributed by atoms with E-state index < -0.39 is 36.4 Å². The third kappa shape index (κ3) is 11.2. The lowest BCUT2D eigenvalue weighted by molar-refractivity contribution is -0.157. The number of esters is 2. The van der Waals surface area contributed by atoms with Gasteiger partial charge < -0.3 is 34.2 Å². The Labute approximate surface area is 192 Å². The van der Waals surface area contributed by atoms with E-state index in [4.69, 9.17) is 34.2 Å². The lowest BCUT2D eigenvalue weighted by atomic mass is 10.1. The molecule has 1 aromatic carbocycles. The molecule has 0 radical (unpaired) electrons. The number of ether oxygens (including phenoxy) is 6. The van der Waals surface area contributed by atoms with E-state index in [9.17, 15) is 19.2 Å². The highest BCUT2D eigenvalue weighted by Crippen LogP contribution is 2.30. The van der Waals surface area contributed by atoms with Gasteiger partial charge in [0.25, 0.3) is 0 Å². The minimum atomic E-state index is -1.05. The summed E-state index contributed by atoms with van der Waals surface area (Å²) in [5.74, 6) is -1.37. The van der Waals surface area contributed by atoms with Crippen molar-refractivity contribution in [1.82, 2.24) is 0 Å². The molecule has 1 rings (SSSR count). The van der Waals surface area contributed by atoms with Crippen molar-refractivity contribution in [2.45, 2.75) is 59.1 Å². The van der Waals surface area contributed by atoms with Gasteiger partial charge in [-0.1, -0.05) is 19.9 Å². The van der Waals surface area contributed by atoms with Crippen molar-refractivity contribution in [3.8, 4) is 11.5 Å². The van der Waals surface area contributed by atoms with Crippen LogP contribution in [-0.4, -0.2) is 56.2 Å². The SMILES string of the molecule is CCCOC(=O)Oc1ccc(C[C@H](N)C(=O)OC[C@H](C)OC(C)=O)cc1OC(=O)OCCC. The fraction of sp³-hybridized carbons (Fsp3) is 0.545. The second-order valence-electron chi connectivity index (χ2n) is 7.04. The molecule has 184 valence electrons. The van der Waals surface area contributed by atoms with Crippen LogP contribution in [0.2, 0.25) is 0 Å². The van der Waals surface area contributed by atoms with Gasteiger partial charge >= 0.3 is 24.2 Å². The van der Waals surface area contributed by atoms with E-state index in [0.717, 1.165) is 0 Å². The smallest absolute Gasteiger partial charge is 0.461 e. The summed E-state index contributed by atoms with van der Waals surface area (Å²) >= 11 is 0. The molecular formula is C22H31NO10. The molecule has 0 saturated heterocycles. The number of carbonyl (C=O) groups is 4. The lowest BCUT2D eigenvalue weighted by Crippen LogP contribution is -2.36. The number of nitrogens with two attached hydrogens (primary N) is 1. The van der Waals surface area contributed by atoms with Crippen LogP contribution in [0, 0.1) is 0 Å². The average Bonchev–Trinajstić information content (AvgIpc) is 2.75. The van der Waals surface area contributed by atoms with Crippen molar-refractivity contribution >= 4 is 24.2 Å². The van der Waals surface area contributed by atoms with E-state index in [0.29, 0.717) is 18.4 Å². The Kier molecular flexibility index (Phi) is 12.3. The van der Waals surface area contributed by atoms with Gasteiger partial charge in [0.1, 0.15) is 18.8 Å². The molecule has 1 aromatic rings. The van der Waals surface area contributed by atoms with Gasteiger partial charge in [0.15, 0.2) is 11.5 Å². The standard InChI is InChI=1S/C22H31NO10/c1-5-9-28-21(26)32-18-8-7-16(12-19(18)33-22(27)29-10-6-2)11-17(23)20(25)30-13-14(3)31-15(4)24/h7-8,12,14,17H,5-6,9-11,13,23H2,1-4H3/t14-,17-/m0/s1. The van der Waals surface area contributed by atoms with E-state index in [2.05, 4.69) is 0 Å². The van der Waals surface area contributed by atoms with E-state index >= 15 is 0 Å². The Morgan fingerprint density at radius 1 is 0.909 bits per heavy atom. The predicted molar refractivity (Wildman–Crippen MR) is 115 cm³/mol. The molecule has 0 amide bonds. The Bertz CT molecular complexity index is 810. The summed E-state index contributed by atoms with van der Waals surface area (Å²) in [5, 5.41) is 0. The van der Waals surface area contributed by atoms with Crippen LogP contribution in [0.15, 0.2) is 18.2 Å². The molecule has 0 bridgehead atoms. The first-order valence-corrected chi connectivity index (χ1v) is 10.6. The molecule has 2 atom stereocenters. The molecular weight excluding hydrogens is 438 g/mol. The molecule has 0 fully saturated rings. The van der Waals surface area contributed by atoms with E-state index in [1.807, 2.05) is 13.8 Å². The summed E-state index contributed by atoms with van der Waals surface area (Å²) in [5.41, 5.74) is 6.41. The van der Waals surface area contributed by atoms with Gasteiger partial charge in [-0.05, 0) is 43.9 Å². The van der Waals surface area contributed by atoms with Crippen LogP contribution < -0.4 is 15.2 Å². The first kappa shape index (κ1) is 27.7. The maximum Gasteiger partial charge on any atom is 0.513 e. The molecule has 0 aliphatic rings. The van der Waals surface area contributed by atoms with Crippen LogP contribution in [0.3, 0.4) is 0 Å². The van der Waals surface area contributed by atoms with Crippen LogP contribution in [0.4, 0.5) is 9.59 Å². The van der Waals surface area contributed by atoms with E-state index in [1.54, 1.807) is 13.0 Å². The highest BCUT2D eigenvalue weighted by molar-refractivity contribution is 5.76. The third-order valence-corrected chi connectivity index (χ3v) is 3.83. The summed E-state index contributed by atoms with van der Waals surface area (Å²) in [4.78, 5) is 46.8. The first-order valence-electron chi connectivity index (χ1n) is 10.6. The number of benzene rings is 1. The monoisotopic (exact) mass is 469 g/mol. The van der Waals surface area contributed by atoms with Crippen LogP contribution >= 0.6 is 0 Å². The Balaban J connectivity index is 2.87. The average molecular weight is 469 g/mol. The Morgan fingerprint density at radius 3 is 2.03 bits per heavy atom. The molecule has 0 saturated carbocycles. The number of hydrogen-bond donors (Lipinski definition) is 1. The first-order chi connectivity index (χ1) is 15.7. The quantitative estimate of drug-likeness (QED) is 0.273. The highest BCUT2D eigenvalue weighted by Gasteiger charge is 2.21. The molecule has 0 heterocycles. The van der Waals surface area contributed by atoms with Crippen LogP contribution in [-0.2, 0) is 35.0 Å². The van der Waals surface area contributed by atoms with Gasteiger partial charge in [-0.2, -0.15) is 0 Å². The summed E-state index contributed by atoms with van der Waals surface area (Å²) < 4.78 is 30.0. The molecule has 11 nitrogen and oxygen atoms in total. The van der Waals surface area contributed by atoms with E-state index in [-0.39, 0.29) is 37.7 Å². The fourth-order valence-electron chi connectivity index (χ4n) is 2.41. The van der Waals surface area contributed by atoms with Crippen molar-refractivity contribution < 1.29 is 47.6 Å². The van der Waals surface area contributed by atoms with Crippen LogP contribution in [0.5, 0.6) is 11.5 Å². The normalized spacial score (nSPS) is 12.2. The van der Waals surface area contributed by atoms with Gasteiger partial charge in [0.2, 0.25) is 0 Å². The third-order valence-electron chi connectivity index (χ3n) is 3.83. The predicted octanol–water partition coefficient (Wildman–Crippen LogP) is 2.90. The van der Waals surface area contributed by atoms with Crippen molar-refractivity contribution in [2.75, 3.05) is 19.8 Å². The van der Waals surface area contributed by atoms with Gasteiger partial charge in [0, 0.05) is 6.92 Å². The number of rotatable bonds is 12. The van der Waals surface area contributed by atoms with Gasteiger partial charge in [0.05, 0.1) is 13.2 Å². The molecule has 2 N–H and O–H groups in total. The zero-order valence-corrected chi connectivity index (χ0v) is 19.3. The van der Waals surface area contributed by atoms with Crippen LogP contribution in [0.25, 0.3) is 0 Å². The highest BCUT2D eigenvalue weighted by atomic mass is 16.7. The molecule has 33 heavy (non-hydrogen) atoms. The van der Waals surface area contributed by atoms with E-state index in [1.165, 1.54) is 19.1 Å².